The molecule has 1 aliphatic heterocycles. The van der Waals surface area contributed by atoms with E-state index < -0.39 is 0 Å². The minimum Gasteiger partial charge on any atom is -0.459 e. The summed E-state index contributed by atoms with van der Waals surface area (Å²) in [6.45, 7) is 21.8. The molecule has 0 aliphatic carbocycles. The summed E-state index contributed by atoms with van der Waals surface area (Å²) in [4.78, 5) is 14.0. The molecule has 0 N–H and O–H groups in total. The molecule has 0 aromatic rings. The number of piperidine rings is 1. The largest absolute Gasteiger partial charge is 0.459 e. The molecule has 0 spiro atoms. The molecular weight excluding hydrogens is 250 g/mol. The van der Waals surface area contributed by atoms with E-state index in [0.717, 1.165) is 18.5 Å². The lowest BCUT2D eigenvalue weighted by Gasteiger charge is -2.56. The quantitative estimate of drug-likeness (QED) is 0.444. The van der Waals surface area contributed by atoms with Gasteiger partial charge in [-0.05, 0) is 40.7 Å². The first kappa shape index (κ1) is 16.5. The van der Waals surface area contributed by atoms with E-state index in [-0.39, 0.29) is 23.2 Å². The standard InChI is InChI=1S/C17H27NO2/c1-9-13(4)18-16(5,6)10-14(11-17(18,7)8)20-15(19)12(2)3/h9,14H,1-2,4,10-11H2,3,5-8H3. The summed E-state index contributed by atoms with van der Waals surface area (Å²) in [5, 5.41) is 0. The smallest absolute Gasteiger partial charge is 0.333 e. The Hall–Kier alpha value is -1.51. The summed E-state index contributed by atoms with van der Waals surface area (Å²) in [6.07, 6.45) is 3.21. The van der Waals surface area contributed by atoms with Crippen molar-refractivity contribution in [2.45, 2.75) is 64.6 Å². The molecule has 1 rings (SSSR count). The topological polar surface area (TPSA) is 29.5 Å². The monoisotopic (exact) mass is 277 g/mol. The molecule has 0 aromatic heterocycles. The van der Waals surface area contributed by atoms with E-state index >= 15 is 0 Å². The van der Waals surface area contributed by atoms with Crippen molar-refractivity contribution in [3.05, 3.63) is 37.1 Å². The highest BCUT2D eigenvalue weighted by atomic mass is 16.5. The second-order valence-electron chi connectivity index (χ2n) is 6.87. The van der Waals surface area contributed by atoms with E-state index in [1.54, 1.807) is 13.0 Å². The van der Waals surface area contributed by atoms with Gasteiger partial charge in [-0.2, -0.15) is 0 Å². The third-order valence-corrected chi connectivity index (χ3v) is 3.81. The maximum atomic E-state index is 11.7. The molecule has 20 heavy (non-hydrogen) atoms. The van der Waals surface area contributed by atoms with Gasteiger partial charge in [0, 0.05) is 35.2 Å². The summed E-state index contributed by atoms with van der Waals surface area (Å²) in [7, 11) is 0. The molecule has 0 saturated carbocycles. The third-order valence-electron chi connectivity index (χ3n) is 3.81. The second-order valence-corrected chi connectivity index (χ2v) is 6.87. The zero-order chi connectivity index (χ0) is 15.7. The molecule has 0 amide bonds. The van der Waals surface area contributed by atoms with Crippen molar-refractivity contribution in [3.8, 4) is 0 Å². The van der Waals surface area contributed by atoms with Crippen LogP contribution in [0.5, 0.6) is 0 Å². The Balaban J connectivity index is 2.98. The SMILES string of the molecule is C=CC(=C)N1C(C)(C)CC(OC(=O)C(=C)C)CC1(C)C. The van der Waals surface area contributed by atoms with Crippen LogP contribution < -0.4 is 0 Å². The first-order chi connectivity index (χ1) is 9.01. The van der Waals surface area contributed by atoms with Crippen LogP contribution in [0.15, 0.2) is 37.1 Å². The van der Waals surface area contributed by atoms with Crippen molar-refractivity contribution in [2.24, 2.45) is 0 Å². The van der Waals surface area contributed by atoms with Crippen LogP contribution in [0.4, 0.5) is 0 Å². The normalized spacial score (nSPS) is 21.1. The molecular formula is C17H27NO2. The Morgan fingerprint density at radius 2 is 1.65 bits per heavy atom. The minimum absolute atomic E-state index is 0.0990. The van der Waals surface area contributed by atoms with Crippen LogP contribution in [-0.4, -0.2) is 28.1 Å². The number of hydrogen-bond donors (Lipinski definition) is 0. The number of likely N-dealkylation sites (tertiary alicyclic amines) is 1. The molecule has 112 valence electrons. The van der Waals surface area contributed by atoms with Gasteiger partial charge in [0.25, 0.3) is 0 Å². The van der Waals surface area contributed by atoms with Gasteiger partial charge in [-0.3, -0.25) is 0 Å². The Labute approximate surface area is 123 Å². The van der Waals surface area contributed by atoms with Crippen molar-refractivity contribution in [3.63, 3.8) is 0 Å². The lowest BCUT2D eigenvalue weighted by atomic mass is 9.77. The number of hydrogen-bond acceptors (Lipinski definition) is 3. The molecule has 3 nitrogen and oxygen atoms in total. The van der Waals surface area contributed by atoms with Gasteiger partial charge in [-0.25, -0.2) is 4.79 Å². The van der Waals surface area contributed by atoms with Crippen LogP contribution in [0.3, 0.4) is 0 Å². The van der Waals surface area contributed by atoms with Gasteiger partial charge < -0.3 is 9.64 Å². The van der Waals surface area contributed by atoms with Gasteiger partial charge >= 0.3 is 5.97 Å². The molecule has 0 aromatic carbocycles. The van der Waals surface area contributed by atoms with Gasteiger partial charge in [-0.1, -0.05) is 19.7 Å². The average molecular weight is 277 g/mol. The van der Waals surface area contributed by atoms with Crippen molar-refractivity contribution < 1.29 is 9.53 Å². The Kier molecular flexibility index (Phi) is 4.52. The molecule has 1 fully saturated rings. The summed E-state index contributed by atoms with van der Waals surface area (Å²) < 4.78 is 5.57. The predicted octanol–water partition coefficient (Wildman–Crippen LogP) is 3.83. The van der Waals surface area contributed by atoms with Crippen molar-refractivity contribution in [1.82, 2.24) is 4.90 Å². The molecule has 0 atom stereocenters. The number of carbonyl (C=O) groups is 1. The highest BCUT2D eigenvalue weighted by molar-refractivity contribution is 5.87. The molecule has 0 unspecified atom stereocenters. The van der Waals surface area contributed by atoms with E-state index in [9.17, 15) is 4.79 Å². The summed E-state index contributed by atoms with van der Waals surface area (Å²) in [6, 6.07) is 0. The van der Waals surface area contributed by atoms with Gasteiger partial charge in [-0.15, -0.1) is 0 Å². The van der Waals surface area contributed by atoms with Crippen LogP contribution in [0.25, 0.3) is 0 Å². The molecule has 1 heterocycles. The fourth-order valence-electron chi connectivity index (χ4n) is 3.39. The zero-order valence-electron chi connectivity index (χ0n) is 13.5. The Morgan fingerprint density at radius 3 is 2.00 bits per heavy atom. The minimum atomic E-state index is -0.308. The molecule has 3 heteroatoms. The van der Waals surface area contributed by atoms with Crippen molar-refractivity contribution >= 4 is 5.97 Å². The second kappa shape index (κ2) is 5.47. The van der Waals surface area contributed by atoms with E-state index in [1.807, 2.05) is 0 Å². The van der Waals surface area contributed by atoms with Crippen LogP contribution in [-0.2, 0) is 9.53 Å². The molecule has 1 saturated heterocycles. The maximum Gasteiger partial charge on any atom is 0.333 e. The number of nitrogens with zero attached hydrogens (tertiary/aromatic N) is 1. The van der Waals surface area contributed by atoms with E-state index in [2.05, 4.69) is 52.3 Å². The lowest BCUT2D eigenvalue weighted by molar-refractivity contribution is -0.153. The Bertz CT molecular complexity index is 428. The predicted molar refractivity (Wildman–Crippen MR) is 83.3 cm³/mol. The van der Waals surface area contributed by atoms with Gasteiger partial charge in [0.15, 0.2) is 0 Å². The van der Waals surface area contributed by atoms with Gasteiger partial charge in [0.2, 0.25) is 0 Å². The van der Waals surface area contributed by atoms with E-state index in [1.165, 1.54) is 0 Å². The fraction of sp³-hybridized carbons (Fsp3) is 0.588. The summed E-state index contributed by atoms with van der Waals surface area (Å²) >= 11 is 0. The van der Waals surface area contributed by atoms with E-state index in [4.69, 9.17) is 4.74 Å². The third kappa shape index (κ3) is 3.33. The number of allylic oxidation sites excluding steroid dienone is 1. The van der Waals surface area contributed by atoms with E-state index in [0.29, 0.717) is 5.57 Å². The number of carbonyl (C=O) groups excluding carboxylic acids is 1. The highest BCUT2D eigenvalue weighted by Crippen LogP contribution is 2.42. The number of rotatable bonds is 4. The van der Waals surface area contributed by atoms with Crippen LogP contribution in [0.2, 0.25) is 0 Å². The fourth-order valence-corrected chi connectivity index (χ4v) is 3.39. The van der Waals surface area contributed by atoms with Crippen molar-refractivity contribution in [1.29, 1.82) is 0 Å². The zero-order valence-corrected chi connectivity index (χ0v) is 13.5. The van der Waals surface area contributed by atoms with Crippen LogP contribution in [0, 0.1) is 0 Å². The molecule has 0 bridgehead atoms. The first-order valence-electron chi connectivity index (χ1n) is 6.99. The Morgan fingerprint density at radius 1 is 1.20 bits per heavy atom. The highest BCUT2D eigenvalue weighted by Gasteiger charge is 2.46. The molecule has 1 aliphatic rings. The van der Waals surface area contributed by atoms with Gasteiger partial charge in [0.1, 0.15) is 6.10 Å². The van der Waals surface area contributed by atoms with Crippen LogP contribution in [0.1, 0.15) is 47.5 Å². The lowest BCUT2D eigenvalue weighted by Crippen LogP contribution is -2.61. The van der Waals surface area contributed by atoms with Crippen LogP contribution >= 0.6 is 0 Å². The van der Waals surface area contributed by atoms with Gasteiger partial charge in [0.05, 0.1) is 0 Å². The van der Waals surface area contributed by atoms with Crippen molar-refractivity contribution in [2.75, 3.05) is 0 Å². The number of ether oxygens (including phenoxy) is 1. The molecule has 0 radical (unpaired) electrons. The first-order valence-corrected chi connectivity index (χ1v) is 6.99. The maximum absolute atomic E-state index is 11.7. The summed E-state index contributed by atoms with van der Waals surface area (Å²) in [5.41, 5.74) is 1.06. The summed E-state index contributed by atoms with van der Waals surface area (Å²) in [5.74, 6) is -0.308. The average Bonchev–Trinajstić information content (AvgIpc) is 2.24. The number of esters is 1.